The average molecular weight is 272 g/mol. The number of ether oxygens (including phenoxy) is 1. The molecule has 4 heteroatoms. The fourth-order valence-electron chi connectivity index (χ4n) is 2.53. The Hall–Kier alpha value is -0.420. The van der Waals surface area contributed by atoms with Crippen molar-refractivity contribution in [1.29, 1.82) is 0 Å². The van der Waals surface area contributed by atoms with E-state index in [-0.39, 0.29) is 12.7 Å². The maximum Gasteiger partial charge on any atom is 0.0918 e. The largest absolute Gasteiger partial charge is 0.392 e. The van der Waals surface area contributed by atoms with Gasteiger partial charge in [-0.2, -0.15) is 0 Å². The minimum absolute atomic E-state index is 0.0382. The van der Waals surface area contributed by atoms with Crippen LogP contribution in [-0.2, 0) is 4.74 Å². The first-order valence-corrected chi connectivity index (χ1v) is 7.04. The zero-order valence-electron chi connectivity index (χ0n) is 12.5. The van der Waals surface area contributed by atoms with E-state index in [4.69, 9.17) is 9.84 Å². The van der Waals surface area contributed by atoms with Crippen LogP contribution < -0.4 is 0 Å². The topological polar surface area (TPSA) is 69.9 Å². The zero-order chi connectivity index (χ0) is 14.7. The number of rotatable bonds is 6. The molecule has 1 aliphatic rings. The van der Waals surface area contributed by atoms with Gasteiger partial charge in [-0.15, -0.1) is 0 Å². The van der Waals surface area contributed by atoms with Crippen LogP contribution >= 0.6 is 0 Å². The molecule has 1 aliphatic heterocycles. The Morgan fingerprint density at radius 2 is 2.16 bits per heavy atom. The third-order valence-electron chi connectivity index (χ3n) is 4.06. The molecule has 0 amide bonds. The monoisotopic (exact) mass is 272 g/mol. The number of hydrogen-bond acceptors (Lipinski definition) is 4. The summed E-state index contributed by atoms with van der Waals surface area (Å²) in [6.45, 7) is 7.37. The highest BCUT2D eigenvalue weighted by molar-refractivity contribution is 5.01. The van der Waals surface area contributed by atoms with Gasteiger partial charge in [0, 0.05) is 0 Å². The second-order valence-corrected chi connectivity index (χ2v) is 6.40. The molecule has 0 saturated carbocycles. The van der Waals surface area contributed by atoms with Crippen molar-refractivity contribution in [3.8, 4) is 0 Å². The van der Waals surface area contributed by atoms with E-state index in [1.54, 1.807) is 19.9 Å². The van der Waals surface area contributed by atoms with Crippen molar-refractivity contribution in [3.63, 3.8) is 0 Å². The van der Waals surface area contributed by atoms with Gasteiger partial charge in [0.15, 0.2) is 0 Å². The number of aliphatic hydroxyl groups excluding tert-OH is 2. The van der Waals surface area contributed by atoms with E-state index in [0.717, 1.165) is 24.8 Å². The summed E-state index contributed by atoms with van der Waals surface area (Å²) in [5.41, 5.74) is -0.379. The predicted octanol–water partition coefficient (Wildman–Crippen LogP) is 1.77. The summed E-state index contributed by atoms with van der Waals surface area (Å²) >= 11 is 0. The SMILES string of the molecule is C/C(=C\CO)CC[C@H](O)[C@@]1(C)CC[C@H](C(C)(C)O)O1. The molecule has 0 unspecified atom stereocenters. The molecule has 1 fully saturated rings. The molecule has 4 nitrogen and oxygen atoms in total. The van der Waals surface area contributed by atoms with E-state index in [9.17, 15) is 10.2 Å². The van der Waals surface area contributed by atoms with Gasteiger partial charge in [-0.25, -0.2) is 0 Å². The van der Waals surface area contributed by atoms with Gasteiger partial charge >= 0.3 is 0 Å². The van der Waals surface area contributed by atoms with Crippen LogP contribution in [0.5, 0.6) is 0 Å². The van der Waals surface area contributed by atoms with Crippen molar-refractivity contribution in [2.75, 3.05) is 6.61 Å². The molecule has 112 valence electrons. The Labute approximate surface area is 116 Å². The summed E-state index contributed by atoms with van der Waals surface area (Å²) in [5, 5.41) is 29.1. The van der Waals surface area contributed by atoms with Crippen LogP contribution in [-0.4, -0.2) is 45.3 Å². The smallest absolute Gasteiger partial charge is 0.0918 e. The highest BCUT2D eigenvalue weighted by atomic mass is 16.5. The van der Waals surface area contributed by atoms with Gasteiger partial charge in [-0.3, -0.25) is 0 Å². The molecule has 1 saturated heterocycles. The molecule has 0 aromatic rings. The molecule has 3 N–H and O–H groups in total. The molecule has 19 heavy (non-hydrogen) atoms. The van der Waals surface area contributed by atoms with Crippen molar-refractivity contribution in [3.05, 3.63) is 11.6 Å². The van der Waals surface area contributed by atoms with Crippen LogP contribution in [0.25, 0.3) is 0 Å². The van der Waals surface area contributed by atoms with Crippen molar-refractivity contribution >= 4 is 0 Å². The number of hydrogen-bond donors (Lipinski definition) is 3. The Morgan fingerprint density at radius 3 is 2.63 bits per heavy atom. The molecule has 1 heterocycles. The van der Waals surface area contributed by atoms with E-state index < -0.39 is 17.3 Å². The van der Waals surface area contributed by atoms with Gasteiger partial charge in [0.1, 0.15) is 0 Å². The van der Waals surface area contributed by atoms with Gasteiger partial charge in [0.25, 0.3) is 0 Å². The van der Waals surface area contributed by atoms with Crippen molar-refractivity contribution in [2.45, 2.75) is 76.8 Å². The first-order valence-electron chi connectivity index (χ1n) is 7.04. The summed E-state index contributed by atoms with van der Waals surface area (Å²) in [4.78, 5) is 0. The molecule has 3 atom stereocenters. The quantitative estimate of drug-likeness (QED) is 0.645. The van der Waals surface area contributed by atoms with E-state index >= 15 is 0 Å². The van der Waals surface area contributed by atoms with Gasteiger partial charge in [-0.05, 0) is 53.4 Å². The molecule has 0 radical (unpaired) electrons. The molecular formula is C15H28O4. The lowest BCUT2D eigenvalue weighted by Crippen LogP contribution is -2.43. The second kappa shape index (κ2) is 6.35. The molecule has 0 aromatic carbocycles. The van der Waals surface area contributed by atoms with Gasteiger partial charge in [-0.1, -0.05) is 11.6 Å². The highest BCUT2D eigenvalue weighted by Gasteiger charge is 2.46. The summed E-state index contributed by atoms with van der Waals surface area (Å²) in [6.07, 6.45) is 3.85. The maximum absolute atomic E-state index is 10.3. The summed E-state index contributed by atoms with van der Waals surface area (Å²) < 4.78 is 5.90. The highest BCUT2D eigenvalue weighted by Crippen LogP contribution is 2.38. The fraction of sp³-hybridized carbons (Fsp3) is 0.867. The van der Waals surface area contributed by atoms with E-state index in [0.29, 0.717) is 6.42 Å². The molecular weight excluding hydrogens is 244 g/mol. The zero-order valence-corrected chi connectivity index (χ0v) is 12.5. The van der Waals surface area contributed by atoms with Crippen molar-refractivity contribution in [1.82, 2.24) is 0 Å². The van der Waals surface area contributed by atoms with Crippen LogP contribution in [0.4, 0.5) is 0 Å². The van der Waals surface area contributed by atoms with Gasteiger partial charge in [0.2, 0.25) is 0 Å². The normalized spacial score (nSPS) is 30.7. The Morgan fingerprint density at radius 1 is 1.53 bits per heavy atom. The molecule has 0 aliphatic carbocycles. The Kier molecular flexibility index (Phi) is 5.56. The summed E-state index contributed by atoms with van der Waals surface area (Å²) in [7, 11) is 0. The van der Waals surface area contributed by atoms with E-state index in [2.05, 4.69) is 0 Å². The standard InChI is InChI=1S/C15H28O4/c1-11(8-10-16)5-6-12(17)15(4)9-7-13(19-15)14(2,3)18/h8,12-13,16-18H,5-7,9-10H2,1-4H3/b11-8+/t12-,13+,15+/m0/s1. The molecule has 0 aromatic heterocycles. The lowest BCUT2D eigenvalue weighted by molar-refractivity contribution is -0.153. The van der Waals surface area contributed by atoms with Gasteiger partial charge in [0.05, 0.1) is 30.0 Å². The van der Waals surface area contributed by atoms with E-state index in [1.807, 2.05) is 13.8 Å². The Bertz CT molecular complexity index is 319. The molecule has 0 bridgehead atoms. The first kappa shape index (κ1) is 16.6. The van der Waals surface area contributed by atoms with Crippen molar-refractivity contribution < 1.29 is 20.1 Å². The molecule has 0 spiro atoms. The van der Waals surface area contributed by atoms with Crippen LogP contribution in [0, 0.1) is 0 Å². The summed E-state index contributed by atoms with van der Waals surface area (Å²) in [6, 6.07) is 0. The first-order chi connectivity index (χ1) is 8.69. The van der Waals surface area contributed by atoms with Crippen LogP contribution in [0.15, 0.2) is 11.6 Å². The predicted molar refractivity (Wildman–Crippen MR) is 74.9 cm³/mol. The lowest BCUT2D eigenvalue weighted by atomic mass is 9.90. The lowest BCUT2D eigenvalue weighted by Gasteiger charge is -2.33. The summed E-state index contributed by atoms with van der Waals surface area (Å²) in [5.74, 6) is 0. The number of aliphatic hydroxyl groups is 3. The van der Waals surface area contributed by atoms with Gasteiger partial charge < -0.3 is 20.1 Å². The van der Waals surface area contributed by atoms with Crippen LogP contribution in [0.3, 0.4) is 0 Å². The third kappa shape index (κ3) is 4.56. The van der Waals surface area contributed by atoms with Crippen molar-refractivity contribution in [2.24, 2.45) is 0 Å². The minimum atomic E-state index is -0.871. The van der Waals surface area contributed by atoms with Crippen LogP contribution in [0.2, 0.25) is 0 Å². The van der Waals surface area contributed by atoms with E-state index in [1.165, 1.54) is 0 Å². The fourth-order valence-corrected chi connectivity index (χ4v) is 2.53. The minimum Gasteiger partial charge on any atom is -0.392 e. The molecule has 1 rings (SSSR count). The maximum atomic E-state index is 10.3. The number of allylic oxidation sites excluding steroid dienone is 1. The van der Waals surface area contributed by atoms with Crippen LogP contribution in [0.1, 0.15) is 53.4 Å². The Balaban J connectivity index is 2.53. The third-order valence-corrected chi connectivity index (χ3v) is 4.06. The average Bonchev–Trinajstić information content (AvgIpc) is 2.70. The second-order valence-electron chi connectivity index (χ2n) is 6.40.